The first-order valence-corrected chi connectivity index (χ1v) is 14.2. The lowest BCUT2D eigenvalue weighted by molar-refractivity contribution is -0.123. The maximum absolute atomic E-state index is 13.1. The fraction of sp³-hybridized carbons (Fsp3) is 0.391. The summed E-state index contributed by atoms with van der Waals surface area (Å²) in [5, 5.41) is 9.92. The van der Waals surface area contributed by atoms with E-state index in [0.717, 1.165) is 24.8 Å². The molecule has 3 rings (SSSR count). The zero-order chi connectivity index (χ0) is 25.6. The molecule has 2 aromatic rings. The largest absolute Gasteiger partial charge is 0.351 e. The van der Waals surface area contributed by atoms with Crippen LogP contribution in [-0.4, -0.2) is 61.5 Å². The van der Waals surface area contributed by atoms with Crippen molar-refractivity contribution in [3.8, 4) is 0 Å². The summed E-state index contributed by atoms with van der Waals surface area (Å²) in [4.78, 5) is 15.2. The van der Waals surface area contributed by atoms with Crippen LogP contribution < -0.4 is 16.0 Å². The molecule has 0 aliphatic carbocycles. The van der Waals surface area contributed by atoms with Crippen LogP contribution in [0, 0.1) is 5.82 Å². The SMILES string of the molecule is CS(=O)(=O)CC[C@H](NC(=S)Nc1ccc(F)cc1)C(=O)N[C@@H]1CCN(Cc2ccc(Cl)c(Cl)c2)C1. The van der Waals surface area contributed by atoms with E-state index in [1.165, 1.54) is 24.3 Å². The molecule has 7 nitrogen and oxygen atoms in total. The van der Waals surface area contributed by atoms with E-state index in [-0.39, 0.29) is 35.1 Å². The molecule has 2 aromatic carbocycles. The smallest absolute Gasteiger partial charge is 0.242 e. The molecule has 0 saturated carbocycles. The number of hydrogen-bond acceptors (Lipinski definition) is 5. The molecule has 12 heteroatoms. The molecule has 0 spiro atoms. The van der Waals surface area contributed by atoms with Crippen LogP contribution in [0.5, 0.6) is 0 Å². The van der Waals surface area contributed by atoms with E-state index in [9.17, 15) is 17.6 Å². The Balaban J connectivity index is 1.57. The highest BCUT2D eigenvalue weighted by atomic mass is 35.5. The summed E-state index contributed by atoms with van der Waals surface area (Å²) in [6, 6.07) is 10.1. The van der Waals surface area contributed by atoms with Crippen molar-refractivity contribution in [2.45, 2.75) is 31.5 Å². The summed E-state index contributed by atoms with van der Waals surface area (Å²) in [5.74, 6) is -0.895. The van der Waals surface area contributed by atoms with Crippen LogP contribution in [0.3, 0.4) is 0 Å². The number of nitrogens with one attached hydrogen (secondary N) is 3. The predicted octanol–water partition coefficient (Wildman–Crippen LogP) is 3.61. The van der Waals surface area contributed by atoms with Crippen molar-refractivity contribution >= 4 is 62.0 Å². The molecule has 1 heterocycles. The first-order chi connectivity index (χ1) is 16.5. The average Bonchev–Trinajstić information content (AvgIpc) is 3.21. The number of nitrogens with zero attached hydrogens (tertiary/aromatic N) is 1. The first kappa shape index (κ1) is 27.6. The summed E-state index contributed by atoms with van der Waals surface area (Å²) in [5.41, 5.74) is 1.57. The van der Waals surface area contributed by atoms with Crippen LogP contribution in [0.15, 0.2) is 42.5 Å². The van der Waals surface area contributed by atoms with Crippen LogP contribution in [-0.2, 0) is 21.2 Å². The van der Waals surface area contributed by atoms with Gasteiger partial charge in [0.05, 0.1) is 15.8 Å². The van der Waals surface area contributed by atoms with Gasteiger partial charge in [-0.3, -0.25) is 9.69 Å². The molecule has 1 amide bonds. The van der Waals surface area contributed by atoms with Gasteiger partial charge in [-0.2, -0.15) is 0 Å². The normalized spacial score (nSPS) is 17.1. The fourth-order valence-corrected chi connectivity index (χ4v) is 5.00. The van der Waals surface area contributed by atoms with Gasteiger partial charge in [-0.15, -0.1) is 0 Å². The molecule has 0 radical (unpaired) electrons. The molecule has 1 saturated heterocycles. The molecule has 0 bridgehead atoms. The number of likely N-dealkylation sites (tertiary alicyclic amines) is 1. The maximum Gasteiger partial charge on any atom is 0.242 e. The zero-order valence-electron chi connectivity index (χ0n) is 19.1. The topological polar surface area (TPSA) is 90.5 Å². The maximum atomic E-state index is 13.1. The van der Waals surface area contributed by atoms with E-state index in [1.807, 2.05) is 12.1 Å². The highest BCUT2D eigenvalue weighted by Crippen LogP contribution is 2.24. The van der Waals surface area contributed by atoms with Crippen LogP contribution in [0.1, 0.15) is 18.4 Å². The standard InChI is InChI=1S/C23H27Cl2FN4O3S2/c1-35(32,33)11-9-21(29-23(34)28-17-5-3-16(26)4-6-17)22(31)27-18-8-10-30(14-18)13-15-2-7-19(24)20(25)12-15/h2-7,12,18,21H,8-11,13-14H2,1H3,(H,27,31)(H2,28,29,34)/t18-,21+/m1/s1. The number of sulfone groups is 1. The lowest BCUT2D eigenvalue weighted by Crippen LogP contribution is -2.51. The lowest BCUT2D eigenvalue weighted by atomic mass is 10.2. The summed E-state index contributed by atoms with van der Waals surface area (Å²) < 4.78 is 36.5. The Hall–Kier alpha value is -1.98. The van der Waals surface area contributed by atoms with Gasteiger partial charge in [-0.05, 0) is 67.0 Å². The van der Waals surface area contributed by atoms with E-state index in [1.54, 1.807) is 6.07 Å². The first-order valence-electron chi connectivity index (χ1n) is 11.0. The number of benzene rings is 2. The Morgan fingerprint density at radius 2 is 1.91 bits per heavy atom. The third-order valence-electron chi connectivity index (χ3n) is 5.51. The number of rotatable bonds is 9. The van der Waals surface area contributed by atoms with Gasteiger partial charge < -0.3 is 16.0 Å². The van der Waals surface area contributed by atoms with Gasteiger partial charge in [-0.25, -0.2) is 12.8 Å². The minimum atomic E-state index is -3.28. The number of carbonyl (C=O) groups is 1. The molecule has 1 aliphatic heterocycles. The number of halogens is 3. The molecular formula is C23H27Cl2FN4O3S2. The van der Waals surface area contributed by atoms with Gasteiger partial charge in [0.1, 0.15) is 21.7 Å². The van der Waals surface area contributed by atoms with Crippen molar-refractivity contribution in [1.82, 2.24) is 15.5 Å². The molecule has 1 aliphatic rings. The monoisotopic (exact) mass is 560 g/mol. The number of carbonyl (C=O) groups excluding carboxylic acids is 1. The Kier molecular flexibility index (Phi) is 9.71. The van der Waals surface area contributed by atoms with Gasteiger partial charge in [0.15, 0.2) is 5.11 Å². The van der Waals surface area contributed by atoms with Gasteiger partial charge in [0, 0.05) is 37.6 Å². The molecule has 1 fully saturated rings. The summed E-state index contributed by atoms with van der Waals surface area (Å²) in [6.45, 7) is 2.10. The average molecular weight is 562 g/mol. The Bertz CT molecular complexity index is 1170. The van der Waals surface area contributed by atoms with Crippen LogP contribution >= 0.6 is 35.4 Å². The van der Waals surface area contributed by atoms with E-state index in [0.29, 0.717) is 28.8 Å². The highest BCUT2D eigenvalue weighted by Gasteiger charge is 2.28. The van der Waals surface area contributed by atoms with Crippen molar-refractivity contribution in [2.75, 3.05) is 30.4 Å². The fourth-order valence-electron chi connectivity index (χ4n) is 3.75. The van der Waals surface area contributed by atoms with E-state index < -0.39 is 15.9 Å². The molecule has 0 unspecified atom stereocenters. The van der Waals surface area contributed by atoms with Crippen molar-refractivity contribution in [3.05, 3.63) is 63.9 Å². The highest BCUT2D eigenvalue weighted by molar-refractivity contribution is 7.90. The van der Waals surface area contributed by atoms with Gasteiger partial charge in [0.2, 0.25) is 5.91 Å². The van der Waals surface area contributed by atoms with Gasteiger partial charge in [0.25, 0.3) is 0 Å². The van der Waals surface area contributed by atoms with E-state index in [4.69, 9.17) is 35.4 Å². The lowest BCUT2D eigenvalue weighted by Gasteiger charge is -2.23. The van der Waals surface area contributed by atoms with E-state index in [2.05, 4.69) is 20.9 Å². The van der Waals surface area contributed by atoms with Crippen molar-refractivity contribution < 1.29 is 17.6 Å². The number of thiocarbonyl (C=S) groups is 1. The summed E-state index contributed by atoms with van der Waals surface area (Å²) in [6.07, 6.45) is 1.93. The number of anilines is 1. The number of amides is 1. The Morgan fingerprint density at radius 1 is 1.20 bits per heavy atom. The molecule has 190 valence electrons. The van der Waals surface area contributed by atoms with Gasteiger partial charge in [-0.1, -0.05) is 29.3 Å². The summed E-state index contributed by atoms with van der Waals surface area (Å²) in [7, 11) is -3.28. The second-order valence-corrected chi connectivity index (χ2v) is 12.0. The van der Waals surface area contributed by atoms with Crippen LogP contribution in [0.2, 0.25) is 10.0 Å². The quantitative estimate of drug-likeness (QED) is 0.403. The predicted molar refractivity (Wildman–Crippen MR) is 142 cm³/mol. The van der Waals surface area contributed by atoms with Crippen LogP contribution in [0.25, 0.3) is 0 Å². The van der Waals surface area contributed by atoms with Crippen molar-refractivity contribution in [1.29, 1.82) is 0 Å². The minimum Gasteiger partial charge on any atom is -0.351 e. The van der Waals surface area contributed by atoms with Crippen molar-refractivity contribution in [2.24, 2.45) is 0 Å². The molecule has 0 aromatic heterocycles. The third-order valence-corrected chi connectivity index (χ3v) is 7.45. The zero-order valence-corrected chi connectivity index (χ0v) is 22.2. The Morgan fingerprint density at radius 3 is 2.57 bits per heavy atom. The summed E-state index contributed by atoms with van der Waals surface area (Å²) >= 11 is 17.4. The number of hydrogen-bond donors (Lipinski definition) is 3. The third kappa shape index (κ3) is 9.20. The van der Waals surface area contributed by atoms with Gasteiger partial charge >= 0.3 is 0 Å². The second kappa shape index (κ2) is 12.3. The van der Waals surface area contributed by atoms with Crippen LogP contribution in [0.4, 0.5) is 10.1 Å². The van der Waals surface area contributed by atoms with Crippen molar-refractivity contribution in [3.63, 3.8) is 0 Å². The Labute approximate surface area is 220 Å². The molecular weight excluding hydrogens is 534 g/mol. The van der Waals surface area contributed by atoms with E-state index >= 15 is 0 Å². The molecule has 3 N–H and O–H groups in total. The molecule has 35 heavy (non-hydrogen) atoms. The minimum absolute atomic E-state index is 0.0512. The second-order valence-electron chi connectivity index (χ2n) is 8.55. The molecule has 2 atom stereocenters.